The Morgan fingerprint density at radius 3 is 1.00 bits per heavy atom. The Kier molecular flexibility index (Phi) is 13.1. The van der Waals surface area contributed by atoms with Crippen LogP contribution in [-0.2, 0) is 26.6 Å². The maximum atomic E-state index is 5.92. The van der Waals surface area contributed by atoms with Crippen molar-refractivity contribution in [3.63, 3.8) is 0 Å². The van der Waals surface area contributed by atoms with E-state index in [1.54, 1.807) is 0 Å². The minimum atomic E-state index is -2.16. The van der Waals surface area contributed by atoms with Crippen molar-refractivity contribution in [1.29, 1.82) is 0 Å². The van der Waals surface area contributed by atoms with Crippen LogP contribution in [0.2, 0.25) is 18.1 Å². The van der Waals surface area contributed by atoms with Crippen LogP contribution in [0.15, 0.2) is 0 Å². The van der Waals surface area contributed by atoms with E-state index in [1.165, 1.54) is 19.3 Å². The van der Waals surface area contributed by atoms with Gasteiger partial charge < -0.3 is 31.5 Å². The molecule has 10 nitrogen and oxygen atoms in total. The van der Waals surface area contributed by atoms with E-state index < -0.39 is 26.2 Å². The molecule has 0 N–H and O–H groups in total. The molecule has 3 heterocycles. The monoisotopic (exact) mass is 578 g/mol. The first kappa shape index (κ1) is 31.8. The SMILES string of the molecule is CO[Si]1(OC)CCCN1CCCN(CCCN1CCC[Si]1(OC)OC)CCCN1CCC[Si]1(OC)OC. The molecule has 0 aromatic rings. The van der Waals surface area contributed by atoms with Gasteiger partial charge in [0, 0.05) is 60.8 Å². The van der Waals surface area contributed by atoms with Gasteiger partial charge in [0.15, 0.2) is 0 Å². The Bertz CT molecular complexity index is 572. The van der Waals surface area contributed by atoms with Crippen LogP contribution in [-0.4, -0.2) is 146 Å². The molecule has 0 amide bonds. The van der Waals surface area contributed by atoms with Gasteiger partial charge in [-0.05, 0) is 97.4 Å². The van der Waals surface area contributed by atoms with Crippen LogP contribution in [0, 0.1) is 0 Å². The van der Waals surface area contributed by atoms with E-state index in [4.69, 9.17) is 26.6 Å². The van der Waals surface area contributed by atoms with Crippen molar-refractivity contribution in [3.05, 3.63) is 0 Å². The zero-order chi connectivity index (χ0) is 26.8. The van der Waals surface area contributed by atoms with Crippen LogP contribution < -0.4 is 0 Å². The molecule has 0 unspecified atom stereocenters. The second-order valence-electron chi connectivity index (χ2n) is 10.5. The van der Waals surface area contributed by atoms with Crippen LogP contribution >= 0.6 is 0 Å². The normalized spacial score (nSPS) is 24.1. The Hall–Kier alpha value is 0.251. The molecule has 0 aromatic carbocycles. The van der Waals surface area contributed by atoms with Crippen LogP contribution in [0.5, 0.6) is 0 Å². The molecule has 3 aliphatic rings. The van der Waals surface area contributed by atoms with Crippen LogP contribution in [0.4, 0.5) is 0 Å². The maximum absolute atomic E-state index is 5.92. The molecular weight excluding hydrogens is 525 g/mol. The van der Waals surface area contributed by atoms with Gasteiger partial charge in [-0.3, -0.25) is 13.7 Å². The Balaban J connectivity index is 1.52. The average molecular weight is 579 g/mol. The molecule has 0 aliphatic carbocycles. The van der Waals surface area contributed by atoms with Gasteiger partial charge in [0.25, 0.3) is 0 Å². The molecule has 3 fully saturated rings. The van der Waals surface area contributed by atoms with Gasteiger partial charge in [0.05, 0.1) is 0 Å². The number of nitrogens with zero attached hydrogens (tertiary/aromatic N) is 4. The molecule has 0 radical (unpaired) electrons. The lowest BCUT2D eigenvalue weighted by Crippen LogP contribution is -2.54. The number of hydrogen-bond donors (Lipinski definition) is 0. The lowest BCUT2D eigenvalue weighted by atomic mass is 10.3. The molecule has 0 atom stereocenters. The van der Waals surface area contributed by atoms with Gasteiger partial charge in [-0.15, -0.1) is 0 Å². The largest absolute Gasteiger partial charge is 0.427 e. The van der Waals surface area contributed by atoms with Crippen molar-refractivity contribution in [2.75, 3.05) is 102 Å². The quantitative estimate of drug-likeness (QED) is 0.226. The van der Waals surface area contributed by atoms with Gasteiger partial charge in [0.1, 0.15) is 0 Å². The second-order valence-corrected chi connectivity index (χ2v) is 20.7. The summed E-state index contributed by atoms with van der Waals surface area (Å²) in [6.07, 6.45) is 6.95. The molecule has 3 saturated heterocycles. The van der Waals surface area contributed by atoms with Crippen molar-refractivity contribution in [2.45, 2.75) is 56.7 Å². The number of hydrogen-bond acceptors (Lipinski definition) is 10. The van der Waals surface area contributed by atoms with Gasteiger partial charge in [0.2, 0.25) is 0 Å². The van der Waals surface area contributed by atoms with Crippen molar-refractivity contribution in [1.82, 2.24) is 18.6 Å². The van der Waals surface area contributed by atoms with E-state index in [1.807, 2.05) is 42.7 Å². The summed E-state index contributed by atoms with van der Waals surface area (Å²) < 4.78 is 43.1. The summed E-state index contributed by atoms with van der Waals surface area (Å²) in [5.41, 5.74) is 0. The third-order valence-electron chi connectivity index (χ3n) is 8.83. The Morgan fingerprint density at radius 2 is 0.757 bits per heavy atom. The highest BCUT2D eigenvalue weighted by molar-refractivity contribution is 6.66. The number of rotatable bonds is 18. The van der Waals surface area contributed by atoms with Crippen LogP contribution in [0.3, 0.4) is 0 Å². The van der Waals surface area contributed by atoms with Crippen molar-refractivity contribution >= 4 is 26.2 Å². The van der Waals surface area contributed by atoms with E-state index in [0.29, 0.717) is 0 Å². The topological polar surface area (TPSA) is 68.3 Å². The summed E-state index contributed by atoms with van der Waals surface area (Å²) in [6, 6.07) is 3.22. The molecular formula is C24H54N4O6Si3. The van der Waals surface area contributed by atoms with Crippen LogP contribution in [0.1, 0.15) is 38.5 Å². The highest BCUT2D eigenvalue weighted by atomic mass is 28.4. The van der Waals surface area contributed by atoms with Gasteiger partial charge in [-0.2, -0.15) is 0 Å². The first-order valence-corrected chi connectivity index (χ1v) is 20.2. The van der Waals surface area contributed by atoms with Crippen molar-refractivity contribution in [2.24, 2.45) is 0 Å². The zero-order valence-corrected chi connectivity index (χ0v) is 27.5. The highest BCUT2D eigenvalue weighted by Crippen LogP contribution is 2.29. The average Bonchev–Trinajstić information content (AvgIpc) is 3.65. The third-order valence-corrected chi connectivity index (χ3v) is 19.8. The van der Waals surface area contributed by atoms with E-state index in [-0.39, 0.29) is 0 Å². The fourth-order valence-electron chi connectivity index (χ4n) is 6.74. The predicted molar refractivity (Wildman–Crippen MR) is 153 cm³/mol. The van der Waals surface area contributed by atoms with E-state index >= 15 is 0 Å². The summed E-state index contributed by atoms with van der Waals surface area (Å²) in [6.45, 7) is 9.74. The first-order valence-electron chi connectivity index (χ1n) is 14.3. The Labute approximate surface area is 229 Å². The predicted octanol–water partition coefficient (Wildman–Crippen LogP) is 2.27. The first-order chi connectivity index (χ1) is 18.0. The minimum absolute atomic E-state index is 1.05. The fourth-order valence-corrected chi connectivity index (χ4v) is 15.8. The fraction of sp³-hybridized carbons (Fsp3) is 1.00. The standard InChI is InChI=1S/C24H54N4O6Si3/c1-29-35(30-2)22-10-19-26(35)16-7-13-25(14-8-17-27-20-11-23-36(27,31-3)32-4)15-9-18-28-21-12-24-37(28,33-5)34-6/h7-24H2,1-6H3. The molecule has 3 aliphatic heterocycles. The summed E-state index contributed by atoms with van der Waals surface area (Å²) in [7, 11) is 4.45. The minimum Gasteiger partial charge on any atom is -0.386 e. The molecule has 3 rings (SSSR count). The molecule has 218 valence electrons. The zero-order valence-electron chi connectivity index (χ0n) is 24.5. The highest BCUT2D eigenvalue weighted by Gasteiger charge is 2.48. The molecule has 0 bridgehead atoms. The summed E-state index contributed by atoms with van der Waals surface area (Å²) >= 11 is 0. The summed E-state index contributed by atoms with van der Waals surface area (Å²) in [5.74, 6) is 0. The lowest BCUT2D eigenvalue weighted by molar-refractivity contribution is 0.165. The molecule has 0 spiro atoms. The third kappa shape index (κ3) is 7.51. The smallest absolute Gasteiger partial charge is 0.386 e. The molecule has 37 heavy (non-hydrogen) atoms. The molecule has 13 heteroatoms. The molecule has 0 aromatic heterocycles. The van der Waals surface area contributed by atoms with E-state index in [0.717, 1.165) is 96.3 Å². The Morgan fingerprint density at radius 1 is 0.486 bits per heavy atom. The summed E-state index contributed by atoms with van der Waals surface area (Å²) in [4.78, 5) is 2.66. The van der Waals surface area contributed by atoms with Gasteiger partial charge in [-0.25, -0.2) is 0 Å². The van der Waals surface area contributed by atoms with E-state index in [9.17, 15) is 0 Å². The van der Waals surface area contributed by atoms with Gasteiger partial charge >= 0.3 is 26.2 Å². The molecule has 0 saturated carbocycles. The van der Waals surface area contributed by atoms with Crippen molar-refractivity contribution < 1.29 is 26.6 Å². The second kappa shape index (κ2) is 15.3. The maximum Gasteiger partial charge on any atom is 0.427 e. The van der Waals surface area contributed by atoms with Crippen LogP contribution in [0.25, 0.3) is 0 Å². The summed E-state index contributed by atoms with van der Waals surface area (Å²) in [5, 5.41) is 0. The van der Waals surface area contributed by atoms with Crippen molar-refractivity contribution in [3.8, 4) is 0 Å². The lowest BCUT2D eigenvalue weighted by Gasteiger charge is -2.34. The van der Waals surface area contributed by atoms with Gasteiger partial charge in [-0.1, -0.05) is 0 Å². The van der Waals surface area contributed by atoms with E-state index in [2.05, 4.69) is 18.6 Å².